The van der Waals surface area contributed by atoms with Gasteiger partial charge in [-0.25, -0.2) is 8.42 Å². The van der Waals surface area contributed by atoms with E-state index in [1.165, 1.54) is 7.11 Å². The van der Waals surface area contributed by atoms with Crippen LogP contribution in [-0.2, 0) is 32.4 Å². The van der Waals surface area contributed by atoms with Gasteiger partial charge in [-0.3, -0.25) is 9.52 Å². The molecule has 128 valence electrons. The number of carbonyl (C=O) groups is 1. The molecule has 7 heteroatoms. The number of esters is 1. The summed E-state index contributed by atoms with van der Waals surface area (Å²) < 4.78 is 31.8. The van der Waals surface area contributed by atoms with Crippen molar-refractivity contribution in [2.45, 2.75) is 12.8 Å². The van der Waals surface area contributed by atoms with Crippen LogP contribution in [0.1, 0.15) is 11.1 Å². The van der Waals surface area contributed by atoms with Crippen LogP contribution in [0.25, 0.3) is 0 Å². The van der Waals surface area contributed by atoms with Crippen LogP contribution in [0.15, 0.2) is 48.5 Å². The van der Waals surface area contributed by atoms with Gasteiger partial charge in [0.2, 0.25) is 10.0 Å². The summed E-state index contributed by atoms with van der Waals surface area (Å²) in [6.45, 7) is 0. The molecule has 0 bridgehead atoms. The number of halogens is 1. The lowest BCUT2D eigenvalue weighted by Gasteiger charge is -2.12. The van der Waals surface area contributed by atoms with Crippen molar-refractivity contribution in [3.8, 4) is 0 Å². The van der Waals surface area contributed by atoms with Gasteiger partial charge in [-0.1, -0.05) is 41.9 Å². The first-order valence-electron chi connectivity index (χ1n) is 7.29. The molecule has 0 aliphatic rings. The first kappa shape index (κ1) is 18.3. The highest BCUT2D eigenvalue weighted by Gasteiger charge is 2.14. The summed E-state index contributed by atoms with van der Waals surface area (Å²) in [6.07, 6.45) is 0.373. The summed E-state index contributed by atoms with van der Waals surface area (Å²) >= 11 is 5.81. The van der Waals surface area contributed by atoms with Crippen LogP contribution in [0.4, 0.5) is 5.69 Å². The van der Waals surface area contributed by atoms with Crippen molar-refractivity contribution in [3.05, 3.63) is 64.7 Å². The van der Waals surface area contributed by atoms with Crippen molar-refractivity contribution in [1.82, 2.24) is 0 Å². The van der Waals surface area contributed by atoms with Crippen LogP contribution < -0.4 is 4.72 Å². The molecule has 0 spiro atoms. The van der Waals surface area contributed by atoms with Gasteiger partial charge in [0.25, 0.3) is 0 Å². The molecule has 1 N–H and O–H groups in total. The average Bonchev–Trinajstić information content (AvgIpc) is 2.56. The van der Waals surface area contributed by atoms with E-state index in [1.54, 1.807) is 48.5 Å². The molecule has 0 radical (unpaired) electrons. The van der Waals surface area contributed by atoms with E-state index in [9.17, 15) is 13.2 Å². The molecule has 2 rings (SSSR count). The Morgan fingerprint density at radius 1 is 1.12 bits per heavy atom. The number of benzene rings is 2. The molecule has 0 atom stereocenters. The maximum absolute atomic E-state index is 12.3. The Bertz CT molecular complexity index is 804. The van der Waals surface area contributed by atoms with Gasteiger partial charge in [0.05, 0.1) is 25.0 Å². The minimum atomic E-state index is -3.54. The number of aryl methyl sites for hydroxylation is 1. The zero-order valence-corrected chi connectivity index (χ0v) is 14.7. The van der Waals surface area contributed by atoms with E-state index in [1.807, 2.05) is 0 Å². The number of carbonyl (C=O) groups excluding carboxylic acids is 1. The number of sulfonamides is 1. The molecule has 0 aliphatic carbocycles. The minimum absolute atomic E-state index is 0.00633. The quantitative estimate of drug-likeness (QED) is 0.763. The van der Waals surface area contributed by atoms with Gasteiger partial charge in [-0.05, 0) is 35.7 Å². The third-order valence-corrected chi connectivity index (χ3v) is 4.94. The SMILES string of the molecule is COC(=O)Cc1ccccc1NS(=O)(=O)CCc1ccc(Cl)cc1. The molecular weight excluding hydrogens is 350 g/mol. The lowest BCUT2D eigenvalue weighted by atomic mass is 10.1. The molecule has 2 aromatic carbocycles. The Morgan fingerprint density at radius 3 is 2.46 bits per heavy atom. The molecule has 24 heavy (non-hydrogen) atoms. The number of methoxy groups -OCH3 is 1. The largest absolute Gasteiger partial charge is 0.469 e. The van der Waals surface area contributed by atoms with E-state index in [-0.39, 0.29) is 12.2 Å². The summed E-state index contributed by atoms with van der Waals surface area (Å²) in [5, 5.41) is 0.608. The number of hydrogen-bond acceptors (Lipinski definition) is 4. The highest BCUT2D eigenvalue weighted by molar-refractivity contribution is 7.92. The van der Waals surface area contributed by atoms with E-state index < -0.39 is 16.0 Å². The number of hydrogen-bond donors (Lipinski definition) is 1. The summed E-state index contributed by atoms with van der Waals surface area (Å²) in [4.78, 5) is 11.4. The standard InChI is InChI=1S/C17H18ClNO4S/c1-23-17(20)12-14-4-2-3-5-16(14)19-24(21,22)11-10-13-6-8-15(18)9-7-13/h2-9,19H,10-12H2,1H3. The molecule has 0 unspecified atom stereocenters. The van der Waals surface area contributed by atoms with Gasteiger partial charge in [-0.15, -0.1) is 0 Å². The highest BCUT2D eigenvalue weighted by Crippen LogP contribution is 2.18. The Morgan fingerprint density at radius 2 is 1.79 bits per heavy atom. The topological polar surface area (TPSA) is 72.5 Å². The van der Waals surface area contributed by atoms with Crippen molar-refractivity contribution >= 4 is 33.3 Å². The van der Waals surface area contributed by atoms with Gasteiger partial charge in [0, 0.05) is 5.02 Å². The van der Waals surface area contributed by atoms with Crippen molar-refractivity contribution in [1.29, 1.82) is 0 Å². The normalized spacial score (nSPS) is 11.1. The predicted octanol–water partition coefficient (Wildman–Crippen LogP) is 3.04. The fraction of sp³-hybridized carbons (Fsp3) is 0.235. The van der Waals surface area contributed by atoms with Crippen molar-refractivity contribution in [3.63, 3.8) is 0 Å². The molecular formula is C17H18ClNO4S. The van der Waals surface area contributed by atoms with E-state index >= 15 is 0 Å². The Hall–Kier alpha value is -2.05. The first-order valence-corrected chi connectivity index (χ1v) is 9.32. The van der Waals surface area contributed by atoms with Crippen molar-refractivity contribution < 1.29 is 17.9 Å². The first-order chi connectivity index (χ1) is 11.4. The van der Waals surface area contributed by atoms with Crippen LogP contribution in [0, 0.1) is 0 Å². The van der Waals surface area contributed by atoms with E-state index in [0.29, 0.717) is 22.7 Å². The molecule has 5 nitrogen and oxygen atoms in total. The summed E-state index contributed by atoms with van der Waals surface area (Å²) in [5.74, 6) is -0.496. The van der Waals surface area contributed by atoms with Crippen LogP contribution in [0.3, 0.4) is 0 Å². The van der Waals surface area contributed by atoms with Crippen LogP contribution in [-0.4, -0.2) is 27.2 Å². The van der Waals surface area contributed by atoms with Crippen molar-refractivity contribution in [2.75, 3.05) is 17.6 Å². The monoisotopic (exact) mass is 367 g/mol. The molecule has 0 fully saturated rings. The average molecular weight is 368 g/mol. The summed E-state index contributed by atoms with van der Waals surface area (Å²) in [5.41, 5.74) is 1.84. The summed E-state index contributed by atoms with van der Waals surface area (Å²) in [7, 11) is -2.25. The van der Waals surface area contributed by atoms with E-state index in [4.69, 9.17) is 11.6 Å². The zero-order valence-electron chi connectivity index (χ0n) is 13.2. The van der Waals surface area contributed by atoms with E-state index in [0.717, 1.165) is 5.56 Å². The van der Waals surface area contributed by atoms with Gasteiger partial charge >= 0.3 is 5.97 Å². The zero-order chi connectivity index (χ0) is 17.6. The molecule has 0 heterocycles. The molecule has 0 amide bonds. The lowest BCUT2D eigenvalue weighted by molar-refractivity contribution is -0.139. The van der Waals surface area contributed by atoms with Gasteiger partial charge in [0.15, 0.2) is 0 Å². The molecule has 2 aromatic rings. The maximum Gasteiger partial charge on any atom is 0.310 e. The number of nitrogens with one attached hydrogen (secondary N) is 1. The molecule has 0 aromatic heterocycles. The van der Waals surface area contributed by atoms with Gasteiger partial charge < -0.3 is 4.74 Å². The Kier molecular flexibility index (Phi) is 6.23. The molecule has 0 saturated heterocycles. The fourth-order valence-corrected chi connectivity index (χ4v) is 3.39. The number of anilines is 1. The minimum Gasteiger partial charge on any atom is -0.469 e. The number of rotatable bonds is 7. The maximum atomic E-state index is 12.3. The van der Waals surface area contributed by atoms with E-state index in [2.05, 4.69) is 9.46 Å². The van der Waals surface area contributed by atoms with Crippen LogP contribution in [0.2, 0.25) is 5.02 Å². The second-order valence-corrected chi connectivity index (χ2v) is 7.49. The lowest BCUT2D eigenvalue weighted by Crippen LogP contribution is -2.19. The molecule has 0 saturated carbocycles. The summed E-state index contributed by atoms with van der Waals surface area (Å²) in [6, 6.07) is 13.8. The molecule has 0 aliphatic heterocycles. The van der Waals surface area contributed by atoms with Crippen molar-refractivity contribution in [2.24, 2.45) is 0 Å². The van der Waals surface area contributed by atoms with Crippen LogP contribution >= 0.6 is 11.6 Å². The number of para-hydroxylation sites is 1. The van der Waals surface area contributed by atoms with Gasteiger partial charge in [0.1, 0.15) is 0 Å². The second-order valence-electron chi connectivity index (χ2n) is 5.21. The Labute approximate surface area is 146 Å². The third kappa shape index (κ3) is 5.54. The third-order valence-electron chi connectivity index (χ3n) is 3.42. The fourth-order valence-electron chi connectivity index (χ4n) is 2.12. The second kappa shape index (κ2) is 8.17. The smallest absolute Gasteiger partial charge is 0.310 e. The highest BCUT2D eigenvalue weighted by atomic mass is 35.5. The van der Waals surface area contributed by atoms with Gasteiger partial charge in [-0.2, -0.15) is 0 Å². The van der Waals surface area contributed by atoms with Crippen LogP contribution in [0.5, 0.6) is 0 Å². The predicted molar refractivity (Wildman–Crippen MR) is 94.7 cm³/mol. The Balaban J connectivity index is 2.06. The number of ether oxygens (including phenoxy) is 1.